The van der Waals surface area contributed by atoms with Crippen LogP contribution in [0, 0.1) is 0 Å². The SMILES string of the molecule is CCN(CC)CCCC(C)Nc1cccc2c(Cl)cccc12. The maximum atomic E-state index is 6.28. The molecule has 120 valence electrons. The zero-order chi connectivity index (χ0) is 15.9. The summed E-state index contributed by atoms with van der Waals surface area (Å²) in [5.74, 6) is 0. The number of hydrogen-bond donors (Lipinski definition) is 1. The summed E-state index contributed by atoms with van der Waals surface area (Å²) in [6.45, 7) is 10.2. The molecule has 2 aromatic carbocycles. The van der Waals surface area contributed by atoms with Crippen LogP contribution in [0.2, 0.25) is 5.02 Å². The molecule has 1 unspecified atom stereocenters. The number of halogens is 1. The second kappa shape index (κ2) is 8.40. The fourth-order valence-corrected chi connectivity index (χ4v) is 3.13. The van der Waals surface area contributed by atoms with E-state index in [1.165, 1.54) is 30.5 Å². The highest BCUT2D eigenvalue weighted by Gasteiger charge is 2.07. The van der Waals surface area contributed by atoms with Crippen molar-refractivity contribution in [3.8, 4) is 0 Å². The Bertz CT molecular complexity index is 593. The topological polar surface area (TPSA) is 15.3 Å². The standard InChI is InChI=1S/C19H27ClN2/c1-4-22(5-2)14-8-9-15(3)21-19-13-7-10-16-17(19)11-6-12-18(16)20/h6-7,10-13,15,21H,4-5,8-9,14H2,1-3H3. The van der Waals surface area contributed by atoms with Crippen LogP contribution in [-0.4, -0.2) is 30.6 Å². The number of benzene rings is 2. The monoisotopic (exact) mass is 318 g/mol. The molecule has 0 radical (unpaired) electrons. The Labute approximate surface area is 139 Å². The van der Waals surface area contributed by atoms with Crippen molar-refractivity contribution in [1.29, 1.82) is 0 Å². The van der Waals surface area contributed by atoms with Gasteiger partial charge in [0.25, 0.3) is 0 Å². The Morgan fingerprint density at radius 3 is 2.45 bits per heavy atom. The van der Waals surface area contributed by atoms with Crippen molar-refractivity contribution < 1.29 is 0 Å². The van der Waals surface area contributed by atoms with Gasteiger partial charge >= 0.3 is 0 Å². The van der Waals surface area contributed by atoms with E-state index in [1.54, 1.807) is 0 Å². The fraction of sp³-hybridized carbons (Fsp3) is 0.474. The van der Waals surface area contributed by atoms with Crippen LogP contribution in [0.4, 0.5) is 5.69 Å². The molecule has 1 N–H and O–H groups in total. The molecule has 0 aliphatic heterocycles. The van der Waals surface area contributed by atoms with Gasteiger partial charge in [-0.15, -0.1) is 0 Å². The molecule has 3 heteroatoms. The highest BCUT2D eigenvalue weighted by Crippen LogP contribution is 2.29. The van der Waals surface area contributed by atoms with E-state index >= 15 is 0 Å². The highest BCUT2D eigenvalue weighted by molar-refractivity contribution is 6.35. The van der Waals surface area contributed by atoms with E-state index in [4.69, 9.17) is 11.6 Å². The molecular weight excluding hydrogens is 292 g/mol. The van der Waals surface area contributed by atoms with Crippen molar-refractivity contribution >= 4 is 28.1 Å². The summed E-state index contributed by atoms with van der Waals surface area (Å²) in [5, 5.41) is 6.77. The van der Waals surface area contributed by atoms with Crippen molar-refractivity contribution in [1.82, 2.24) is 4.90 Å². The van der Waals surface area contributed by atoms with Crippen LogP contribution in [0.5, 0.6) is 0 Å². The van der Waals surface area contributed by atoms with Crippen molar-refractivity contribution in [3.63, 3.8) is 0 Å². The molecule has 0 bridgehead atoms. The smallest absolute Gasteiger partial charge is 0.0485 e. The first kappa shape index (κ1) is 17.1. The Balaban J connectivity index is 1.97. The van der Waals surface area contributed by atoms with Gasteiger partial charge in [-0.05, 0) is 51.5 Å². The maximum Gasteiger partial charge on any atom is 0.0485 e. The van der Waals surface area contributed by atoms with E-state index in [2.05, 4.69) is 55.3 Å². The molecule has 0 aliphatic rings. The van der Waals surface area contributed by atoms with E-state index in [9.17, 15) is 0 Å². The summed E-state index contributed by atoms with van der Waals surface area (Å²) in [6.07, 6.45) is 2.40. The maximum absolute atomic E-state index is 6.28. The molecule has 0 saturated carbocycles. The predicted octanol–water partition coefficient (Wildman–Crippen LogP) is 5.42. The fourth-order valence-electron chi connectivity index (χ4n) is 2.90. The van der Waals surface area contributed by atoms with Gasteiger partial charge in [0.15, 0.2) is 0 Å². The Morgan fingerprint density at radius 2 is 1.73 bits per heavy atom. The lowest BCUT2D eigenvalue weighted by Crippen LogP contribution is -2.25. The molecule has 0 saturated heterocycles. The first-order chi connectivity index (χ1) is 10.7. The number of anilines is 1. The number of fused-ring (bicyclic) bond motifs is 1. The largest absolute Gasteiger partial charge is 0.382 e. The molecule has 0 spiro atoms. The van der Waals surface area contributed by atoms with Gasteiger partial charge < -0.3 is 10.2 Å². The van der Waals surface area contributed by atoms with E-state index in [0.717, 1.165) is 23.5 Å². The average molecular weight is 319 g/mol. The summed E-state index contributed by atoms with van der Waals surface area (Å²) < 4.78 is 0. The van der Waals surface area contributed by atoms with Crippen molar-refractivity contribution in [3.05, 3.63) is 41.4 Å². The molecule has 2 nitrogen and oxygen atoms in total. The number of hydrogen-bond acceptors (Lipinski definition) is 2. The van der Waals surface area contributed by atoms with Crippen LogP contribution in [0.1, 0.15) is 33.6 Å². The van der Waals surface area contributed by atoms with E-state index < -0.39 is 0 Å². The minimum atomic E-state index is 0.458. The van der Waals surface area contributed by atoms with Crippen LogP contribution >= 0.6 is 11.6 Å². The molecule has 0 amide bonds. The summed E-state index contributed by atoms with van der Waals surface area (Å²) in [7, 11) is 0. The third kappa shape index (κ3) is 4.37. The third-order valence-electron chi connectivity index (χ3n) is 4.28. The molecule has 0 aliphatic carbocycles. The van der Waals surface area contributed by atoms with E-state index in [0.29, 0.717) is 6.04 Å². The average Bonchev–Trinajstić information content (AvgIpc) is 2.53. The molecule has 2 rings (SSSR count). The summed E-state index contributed by atoms with van der Waals surface area (Å²) in [5.41, 5.74) is 1.18. The van der Waals surface area contributed by atoms with Gasteiger partial charge in [-0.3, -0.25) is 0 Å². The second-order valence-electron chi connectivity index (χ2n) is 5.86. The first-order valence-corrected chi connectivity index (χ1v) is 8.69. The summed E-state index contributed by atoms with van der Waals surface area (Å²) in [6, 6.07) is 12.8. The van der Waals surface area contributed by atoms with Crippen molar-refractivity contribution in [2.45, 2.75) is 39.7 Å². The summed E-state index contributed by atoms with van der Waals surface area (Å²) >= 11 is 6.28. The van der Waals surface area contributed by atoms with Crippen LogP contribution in [0.15, 0.2) is 36.4 Å². The first-order valence-electron chi connectivity index (χ1n) is 8.31. The van der Waals surface area contributed by atoms with Crippen LogP contribution in [0.3, 0.4) is 0 Å². The lowest BCUT2D eigenvalue weighted by Gasteiger charge is -2.21. The summed E-state index contributed by atoms with van der Waals surface area (Å²) in [4.78, 5) is 2.48. The minimum Gasteiger partial charge on any atom is -0.382 e. The minimum absolute atomic E-state index is 0.458. The Morgan fingerprint density at radius 1 is 1.05 bits per heavy atom. The molecule has 0 aromatic heterocycles. The highest BCUT2D eigenvalue weighted by atomic mass is 35.5. The normalized spacial score (nSPS) is 12.8. The predicted molar refractivity (Wildman–Crippen MR) is 99.1 cm³/mol. The van der Waals surface area contributed by atoms with Crippen LogP contribution < -0.4 is 5.32 Å². The van der Waals surface area contributed by atoms with Crippen LogP contribution in [0.25, 0.3) is 10.8 Å². The van der Waals surface area contributed by atoms with Gasteiger partial charge in [-0.2, -0.15) is 0 Å². The quantitative estimate of drug-likeness (QED) is 0.699. The molecule has 1 atom stereocenters. The number of nitrogens with zero attached hydrogens (tertiary/aromatic N) is 1. The van der Waals surface area contributed by atoms with Gasteiger partial charge in [-0.1, -0.05) is 49.7 Å². The van der Waals surface area contributed by atoms with E-state index in [-0.39, 0.29) is 0 Å². The van der Waals surface area contributed by atoms with Crippen LogP contribution in [-0.2, 0) is 0 Å². The second-order valence-corrected chi connectivity index (χ2v) is 6.26. The van der Waals surface area contributed by atoms with Gasteiger partial charge in [0.2, 0.25) is 0 Å². The van der Waals surface area contributed by atoms with Gasteiger partial charge in [0, 0.05) is 27.5 Å². The lowest BCUT2D eigenvalue weighted by molar-refractivity contribution is 0.295. The van der Waals surface area contributed by atoms with Gasteiger partial charge in [0.05, 0.1) is 0 Å². The Hall–Kier alpha value is -1.25. The van der Waals surface area contributed by atoms with Crippen molar-refractivity contribution in [2.24, 2.45) is 0 Å². The van der Waals surface area contributed by atoms with Gasteiger partial charge in [-0.25, -0.2) is 0 Å². The van der Waals surface area contributed by atoms with Crippen molar-refractivity contribution in [2.75, 3.05) is 25.0 Å². The number of nitrogens with one attached hydrogen (secondary N) is 1. The molecular formula is C19H27ClN2. The van der Waals surface area contributed by atoms with Gasteiger partial charge in [0.1, 0.15) is 0 Å². The molecule has 2 aromatic rings. The lowest BCUT2D eigenvalue weighted by atomic mass is 10.1. The molecule has 22 heavy (non-hydrogen) atoms. The third-order valence-corrected chi connectivity index (χ3v) is 4.61. The zero-order valence-corrected chi connectivity index (χ0v) is 14.7. The molecule has 0 heterocycles. The number of rotatable bonds is 8. The zero-order valence-electron chi connectivity index (χ0n) is 13.9. The molecule has 0 fully saturated rings. The Kier molecular flexibility index (Phi) is 6.53. The van der Waals surface area contributed by atoms with E-state index in [1.807, 2.05) is 12.1 Å².